The Morgan fingerprint density at radius 3 is 2.94 bits per heavy atom. The normalized spacial score (nSPS) is 33.9. The molecule has 3 unspecified atom stereocenters. The maximum Gasteiger partial charge on any atom is 0.0954 e. The van der Waals surface area contributed by atoms with Gasteiger partial charge in [-0.1, -0.05) is 27.2 Å². The summed E-state index contributed by atoms with van der Waals surface area (Å²) in [4.78, 5) is 0. The first kappa shape index (κ1) is 12.6. The SMILES string of the molecule is CCCn1cc(C2(O)CC(C)CCC2C)cn1. The minimum Gasteiger partial charge on any atom is -0.385 e. The molecule has 1 aromatic rings. The molecule has 2 rings (SSSR count). The topological polar surface area (TPSA) is 38.0 Å². The largest absolute Gasteiger partial charge is 0.385 e. The Hall–Kier alpha value is -0.830. The molecule has 1 saturated carbocycles. The average Bonchev–Trinajstić information content (AvgIpc) is 2.74. The standard InChI is InChI=1S/C14H24N2O/c1-4-7-16-10-13(9-15-16)14(17)8-11(2)5-6-12(14)3/h9-12,17H,4-8H2,1-3H3. The van der Waals surface area contributed by atoms with Gasteiger partial charge < -0.3 is 5.11 Å². The van der Waals surface area contributed by atoms with Gasteiger partial charge in [0.05, 0.1) is 11.8 Å². The zero-order chi connectivity index (χ0) is 12.5. The van der Waals surface area contributed by atoms with E-state index in [-0.39, 0.29) is 0 Å². The summed E-state index contributed by atoms with van der Waals surface area (Å²) in [5, 5.41) is 15.3. The third-order valence-electron chi connectivity index (χ3n) is 4.15. The van der Waals surface area contributed by atoms with Crippen molar-refractivity contribution in [3.63, 3.8) is 0 Å². The summed E-state index contributed by atoms with van der Waals surface area (Å²) in [5.41, 5.74) is 0.342. The third-order valence-corrected chi connectivity index (χ3v) is 4.15. The van der Waals surface area contributed by atoms with Crippen molar-refractivity contribution in [3.8, 4) is 0 Å². The van der Waals surface area contributed by atoms with Crippen LogP contribution in [0.5, 0.6) is 0 Å². The molecule has 1 aliphatic carbocycles. The van der Waals surface area contributed by atoms with Crippen LogP contribution in [0.4, 0.5) is 0 Å². The van der Waals surface area contributed by atoms with Gasteiger partial charge in [0.15, 0.2) is 0 Å². The lowest BCUT2D eigenvalue weighted by Gasteiger charge is -2.40. The van der Waals surface area contributed by atoms with E-state index in [0.29, 0.717) is 11.8 Å². The van der Waals surface area contributed by atoms with Gasteiger partial charge in [-0.15, -0.1) is 0 Å². The van der Waals surface area contributed by atoms with E-state index in [1.807, 2.05) is 17.1 Å². The molecule has 0 amide bonds. The maximum absolute atomic E-state index is 10.9. The summed E-state index contributed by atoms with van der Waals surface area (Å²) in [7, 11) is 0. The lowest BCUT2D eigenvalue weighted by atomic mass is 9.69. The van der Waals surface area contributed by atoms with Gasteiger partial charge >= 0.3 is 0 Å². The Morgan fingerprint density at radius 2 is 2.24 bits per heavy atom. The molecule has 3 atom stereocenters. The number of aromatic nitrogens is 2. The van der Waals surface area contributed by atoms with Gasteiger partial charge in [-0.25, -0.2) is 0 Å². The van der Waals surface area contributed by atoms with E-state index in [0.717, 1.165) is 31.4 Å². The lowest BCUT2D eigenvalue weighted by molar-refractivity contribution is -0.0627. The van der Waals surface area contributed by atoms with Crippen LogP contribution in [0.3, 0.4) is 0 Å². The van der Waals surface area contributed by atoms with Crippen molar-refractivity contribution in [1.29, 1.82) is 0 Å². The van der Waals surface area contributed by atoms with Crippen LogP contribution in [0.2, 0.25) is 0 Å². The van der Waals surface area contributed by atoms with Crippen molar-refractivity contribution in [2.24, 2.45) is 11.8 Å². The van der Waals surface area contributed by atoms with E-state index in [1.165, 1.54) is 6.42 Å². The van der Waals surface area contributed by atoms with Crippen LogP contribution in [0.1, 0.15) is 52.0 Å². The number of hydrogen-bond acceptors (Lipinski definition) is 2. The van der Waals surface area contributed by atoms with Crippen LogP contribution in [0.25, 0.3) is 0 Å². The Bertz CT molecular complexity index is 374. The van der Waals surface area contributed by atoms with E-state index < -0.39 is 5.60 Å². The summed E-state index contributed by atoms with van der Waals surface area (Å²) in [6.45, 7) is 7.46. The molecule has 0 aliphatic heterocycles. The summed E-state index contributed by atoms with van der Waals surface area (Å²) >= 11 is 0. The van der Waals surface area contributed by atoms with Crippen molar-refractivity contribution in [3.05, 3.63) is 18.0 Å². The molecular formula is C14H24N2O. The summed E-state index contributed by atoms with van der Waals surface area (Å²) < 4.78 is 1.94. The fourth-order valence-corrected chi connectivity index (χ4v) is 2.95. The average molecular weight is 236 g/mol. The highest BCUT2D eigenvalue weighted by Gasteiger charge is 2.41. The molecule has 0 aromatic carbocycles. The van der Waals surface area contributed by atoms with E-state index in [4.69, 9.17) is 0 Å². The van der Waals surface area contributed by atoms with Gasteiger partial charge in [-0.3, -0.25) is 4.68 Å². The number of aliphatic hydroxyl groups is 1. The van der Waals surface area contributed by atoms with Crippen molar-refractivity contribution in [2.45, 2.75) is 58.6 Å². The third kappa shape index (κ3) is 2.39. The van der Waals surface area contributed by atoms with Gasteiger partial charge in [-0.05, 0) is 31.1 Å². The summed E-state index contributed by atoms with van der Waals surface area (Å²) in [6, 6.07) is 0. The van der Waals surface area contributed by atoms with E-state index in [9.17, 15) is 5.11 Å². The Labute approximate surface area is 104 Å². The van der Waals surface area contributed by atoms with Crippen molar-refractivity contribution in [2.75, 3.05) is 0 Å². The first-order valence-corrected chi connectivity index (χ1v) is 6.81. The molecule has 1 N–H and O–H groups in total. The van der Waals surface area contributed by atoms with Crippen LogP contribution in [-0.2, 0) is 12.1 Å². The van der Waals surface area contributed by atoms with Crippen LogP contribution in [0.15, 0.2) is 12.4 Å². The van der Waals surface area contributed by atoms with Crippen LogP contribution in [0, 0.1) is 11.8 Å². The minimum absolute atomic E-state index is 0.331. The predicted octanol–water partition coefficient (Wildman–Crippen LogP) is 2.94. The molecule has 17 heavy (non-hydrogen) atoms. The molecule has 96 valence electrons. The van der Waals surface area contributed by atoms with Gasteiger partial charge in [0.1, 0.15) is 0 Å². The van der Waals surface area contributed by atoms with Gasteiger partial charge in [0.25, 0.3) is 0 Å². The maximum atomic E-state index is 10.9. The molecule has 1 aliphatic rings. The molecule has 3 nitrogen and oxygen atoms in total. The molecule has 3 heteroatoms. The highest BCUT2D eigenvalue weighted by Crippen LogP contribution is 2.43. The molecule has 0 radical (unpaired) electrons. The Morgan fingerprint density at radius 1 is 1.47 bits per heavy atom. The smallest absolute Gasteiger partial charge is 0.0954 e. The first-order valence-electron chi connectivity index (χ1n) is 6.81. The van der Waals surface area contributed by atoms with Gasteiger partial charge in [-0.2, -0.15) is 5.10 Å². The predicted molar refractivity (Wildman–Crippen MR) is 68.6 cm³/mol. The minimum atomic E-state index is -0.663. The van der Waals surface area contributed by atoms with Crippen molar-refractivity contribution >= 4 is 0 Å². The molecule has 0 bridgehead atoms. The van der Waals surface area contributed by atoms with Gasteiger partial charge in [0.2, 0.25) is 0 Å². The fraction of sp³-hybridized carbons (Fsp3) is 0.786. The molecule has 1 aromatic heterocycles. The molecule has 0 spiro atoms. The quantitative estimate of drug-likeness (QED) is 0.876. The Kier molecular flexibility index (Phi) is 3.57. The molecule has 1 heterocycles. The highest BCUT2D eigenvalue weighted by atomic mass is 16.3. The van der Waals surface area contributed by atoms with E-state index in [2.05, 4.69) is 25.9 Å². The second kappa shape index (κ2) is 4.81. The van der Waals surface area contributed by atoms with Crippen LogP contribution in [-0.4, -0.2) is 14.9 Å². The Balaban J connectivity index is 2.22. The monoisotopic (exact) mass is 236 g/mol. The zero-order valence-corrected chi connectivity index (χ0v) is 11.2. The van der Waals surface area contributed by atoms with Crippen molar-refractivity contribution < 1.29 is 5.11 Å². The lowest BCUT2D eigenvalue weighted by Crippen LogP contribution is -2.38. The van der Waals surface area contributed by atoms with Crippen LogP contribution < -0.4 is 0 Å². The zero-order valence-electron chi connectivity index (χ0n) is 11.2. The highest BCUT2D eigenvalue weighted by molar-refractivity contribution is 5.18. The second-order valence-electron chi connectivity index (χ2n) is 5.70. The number of nitrogens with zero attached hydrogens (tertiary/aromatic N) is 2. The molecular weight excluding hydrogens is 212 g/mol. The second-order valence-corrected chi connectivity index (χ2v) is 5.70. The number of hydrogen-bond donors (Lipinski definition) is 1. The first-order chi connectivity index (χ1) is 8.06. The molecule has 1 fully saturated rings. The molecule has 0 saturated heterocycles. The van der Waals surface area contributed by atoms with E-state index >= 15 is 0 Å². The number of rotatable bonds is 3. The van der Waals surface area contributed by atoms with E-state index in [1.54, 1.807) is 0 Å². The fourth-order valence-electron chi connectivity index (χ4n) is 2.95. The summed E-state index contributed by atoms with van der Waals surface area (Å²) in [5.74, 6) is 0.934. The number of aryl methyl sites for hydroxylation is 1. The van der Waals surface area contributed by atoms with Gasteiger partial charge in [0, 0.05) is 18.3 Å². The summed E-state index contributed by atoms with van der Waals surface area (Å²) in [6.07, 6.45) is 8.16. The van der Waals surface area contributed by atoms with Crippen LogP contribution >= 0.6 is 0 Å². The van der Waals surface area contributed by atoms with Crippen molar-refractivity contribution in [1.82, 2.24) is 9.78 Å².